The second kappa shape index (κ2) is 7.56. The Kier molecular flexibility index (Phi) is 5.49. The van der Waals surface area contributed by atoms with Crippen molar-refractivity contribution in [1.82, 2.24) is 5.43 Å². The quantitative estimate of drug-likeness (QED) is 0.514. The summed E-state index contributed by atoms with van der Waals surface area (Å²) in [7, 11) is 1.63. The van der Waals surface area contributed by atoms with Gasteiger partial charge in [-0.15, -0.1) is 0 Å². The van der Waals surface area contributed by atoms with Gasteiger partial charge in [0.2, 0.25) is 0 Å². The SMILES string of the molecule is COc1ccccc1/C=N/NC(=S)Nc1c(C)cccc1C. The Morgan fingerprint density at radius 2 is 1.77 bits per heavy atom. The van der Waals surface area contributed by atoms with Crippen molar-refractivity contribution in [2.24, 2.45) is 5.10 Å². The Balaban J connectivity index is 2.00. The van der Waals surface area contributed by atoms with Gasteiger partial charge in [0.25, 0.3) is 0 Å². The summed E-state index contributed by atoms with van der Waals surface area (Å²) < 4.78 is 5.26. The van der Waals surface area contributed by atoms with E-state index in [1.54, 1.807) is 13.3 Å². The van der Waals surface area contributed by atoms with Crippen LogP contribution in [0.5, 0.6) is 5.75 Å². The number of nitrogens with zero attached hydrogens (tertiary/aromatic N) is 1. The summed E-state index contributed by atoms with van der Waals surface area (Å²) in [6.07, 6.45) is 1.68. The number of hydrogen-bond donors (Lipinski definition) is 2. The number of aryl methyl sites for hydroxylation is 2. The topological polar surface area (TPSA) is 45.6 Å². The van der Waals surface area contributed by atoms with Crippen LogP contribution in [0.15, 0.2) is 47.6 Å². The fraction of sp³-hybridized carbons (Fsp3) is 0.176. The van der Waals surface area contributed by atoms with Crippen LogP contribution in [0.4, 0.5) is 5.69 Å². The Bertz CT molecular complexity index is 678. The molecule has 5 heteroatoms. The number of nitrogens with one attached hydrogen (secondary N) is 2. The molecule has 0 aliphatic carbocycles. The first kappa shape index (κ1) is 16.0. The van der Waals surface area contributed by atoms with E-state index in [1.807, 2.05) is 56.3 Å². The van der Waals surface area contributed by atoms with Crippen molar-refractivity contribution < 1.29 is 4.74 Å². The van der Waals surface area contributed by atoms with Gasteiger partial charge in [0.05, 0.1) is 13.3 Å². The summed E-state index contributed by atoms with van der Waals surface area (Å²) in [5, 5.41) is 7.76. The van der Waals surface area contributed by atoms with Crippen LogP contribution in [0.2, 0.25) is 0 Å². The van der Waals surface area contributed by atoms with Crippen LogP contribution >= 0.6 is 12.2 Å². The molecule has 4 nitrogen and oxygen atoms in total. The molecule has 2 rings (SSSR count). The van der Waals surface area contributed by atoms with Crippen LogP contribution in [0.1, 0.15) is 16.7 Å². The van der Waals surface area contributed by atoms with Crippen LogP contribution in [0.25, 0.3) is 0 Å². The summed E-state index contributed by atoms with van der Waals surface area (Å²) in [6.45, 7) is 4.08. The third-order valence-corrected chi connectivity index (χ3v) is 3.42. The number of anilines is 1. The molecule has 0 amide bonds. The average molecular weight is 313 g/mol. The van der Waals surface area contributed by atoms with Gasteiger partial charge in [-0.3, -0.25) is 5.43 Å². The number of para-hydroxylation sites is 2. The zero-order valence-corrected chi connectivity index (χ0v) is 13.7. The molecule has 0 radical (unpaired) electrons. The number of benzene rings is 2. The van der Waals surface area contributed by atoms with Gasteiger partial charge >= 0.3 is 0 Å². The molecule has 0 aromatic heterocycles. The Hall–Kier alpha value is -2.40. The summed E-state index contributed by atoms with van der Waals surface area (Å²) in [5.74, 6) is 0.765. The lowest BCUT2D eigenvalue weighted by Gasteiger charge is -2.12. The van der Waals surface area contributed by atoms with E-state index in [9.17, 15) is 0 Å². The minimum absolute atomic E-state index is 0.448. The number of thiocarbonyl (C=S) groups is 1. The molecule has 0 saturated heterocycles. The van der Waals surface area contributed by atoms with E-state index in [-0.39, 0.29) is 0 Å². The molecule has 0 aliphatic rings. The largest absolute Gasteiger partial charge is 0.496 e. The highest BCUT2D eigenvalue weighted by Crippen LogP contribution is 2.19. The minimum atomic E-state index is 0.448. The van der Waals surface area contributed by atoms with Gasteiger partial charge in [-0.1, -0.05) is 30.3 Å². The van der Waals surface area contributed by atoms with E-state index in [0.717, 1.165) is 28.1 Å². The van der Waals surface area contributed by atoms with Gasteiger partial charge in [0, 0.05) is 11.3 Å². The summed E-state index contributed by atoms with van der Waals surface area (Å²) >= 11 is 5.26. The number of ether oxygens (including phenoxy) is 1. The number of rotatable bonds is 4. The van der Waals surface area contributed by atoms with Crippen LogP contribution in [-0.4, -0.2) is 18.4 Å². The first-order valence-corrected chi connectivity index (χ1v) is 7.32. The molecular weight excluding hydrogens is 294 g/mol. The standard InChI is InChI=1S/C17H19N3OS/c1-12-7-6-8-13(2)16(12)19-17(22)20-18-11-14-9-4-5-10-15(14)21-3/h4-11H,1-3H3,(H2,19,20,22)/b18-11+. The summed E-state index contributed by atoms with van der Waals surface area (Å²) in [6, 6.07) is 13.7. The molecule has 0 saturated carbocycles. The molecular formula is C17H19N3OS. The number of hydrazone groups is 1. The molecule has 0 spiro atoms. The fourth-order valence-electron chi connectivity index (χ4n) is 2.09. The maximum Gasteiger partial charge on any atom is 0.191 e. The summed E-state index contributed by atoms with van der Waals surface area (Å²) in [5.41, 5.74) is 6.98. The van der Waals surface area contributed by atoms with Crippen molar-refractivity contribution in [1.29, 1.82) is 0 Å². The van der Waals surface area contributed by atoms with Gasteiger partial charge in [-0.25, -0.2) is 0 Å². The van der Waals surface area contributed by atoms with Crippen LogP contribution in [0.3, 0.4) is 0 Å². The third kappa shape index (κ3) is 4.05. The third-order valence-electron chi connectivity index (χ3n) is 3.23. The van der Waals surface area contributed by atoms with E-state index in [2.05, 4.69) is 15.8 Å². The van der Waals surface area contributed by atoms with Crippen molar-refractivity contribution in [3.63, 3.8) is 0 Å². The highest BCUT2D eigenvalue weighted by molar-refractivity contribution is 7.80. The van der Waals surface area contributed by atoms with Crippen molar-refractivity contribution in [3.05, 3.63) is 59.2 Å². The minimum Gasteiger partial charge on any atom is -0.496 e. The molecule has 0 bridgehead atoms. The first-order chi connectivity index (χ1) is 10.6. The van der Waals surface area contributed by atoms with Crippen molar-refractivity contribution in [2.75, 3.05) is 12.4 Å². The van der Waals surface area contributed by atoms with Gasteiger partial charge in [0.1, 0.15) is 5.75 Å². The molecule has 114 valence electrons. The van der Waals surface area contributed by atoms with Gasteiger partial charge in [-0.2, -0.15) is 5.10 Å². The number of hydrogen-bond acceptors (Lipinski definition) is 3. The first-order valence-electron chi connectivity index (χ1n) is 6.91. The molecule has 0 fully saturated rings. The lowest BCUT2D eigenvalue weighted by atomic mass is 10.1. The molecule has 0 aliphatic heterocycles. The Morgan fingerprint density at radius 3 is 2.45 bits per heavy atom. The van der Waals surface area contributed by atoms with E-state index in [1.165, 1.54) is 0 Å². The van der Waals surface area contributed by atoms with Crippen molar-refractivity contribution in [2.45, 2.75) is 13.8 Å². The van der Waals surface area contributed by atoms with Crippen LogP contribution < -0.4 is 15.5 Å². The van der Waals surface area contributed by atoms with E-state index in [0.29, 0.717) is 5.11 Å². The lowest BCUT2D eigenvalue weighted by Crippen LogP contribution is -2.24. The predicted molar refractivity (Wildman–Crippen MR) is 95.9 cm³/mol. The van der Waals surface area contributed by atoms with Crippen LogP contribution in [-0.2, 0) is 0 Å². The van der Waals surface area contributed by atoms with Gasteiger partial charge in [0.15, 0.2) is 5.11 Å². The van der Waals surface area contributed by atoms with Crippen LogP contribution in [0, 0.1) is 13.8 Å². The monoisotopic (exact) mass is 313 g/mol. The lowest BCUT2D eigenvalue weighted by molar-refractivity contribution is 0.414. The zero-order valence-electron chi connectivity index (χ0n) is 12.9. The molecule has 0 atom stereocenters. The maximum atomic E-state index is 5.26. The second-order valence-electron chi connectivity index (χ2n) is 4.83. The molecule has 0 unspecified atom stereocenters. The van der Waals surface area contributed by atoms with E-state index in [4.69, 9.17) is 17.0 Å². The fourth-order valence-corrected chi connectivity index (χ4v) is 2.24. The highest BCUT2D eigenvalue weighted by atomic mass is 32.1. The molecule has 22 heavy (non-hydrogen) atoms. The maximum absolute atomic E-state index is 5.26. The normalized spacial score (nSPS) is 10.5. The molecule has 2 aromatic rings. The van der Waals surface area contributed by atoms with Gasteiger partial charge in [-0.05, 0) is 49.3 Å². The van der Waals surface area contributed by atoms with Crippen molar-refractivity contribution >= 4 is 29.2 Å². The highest BCUT2D eigenvalue weighted by Gasteiger charge is 2.03. The van der Waals surface area contributed by atoms with Crippen molar-refractivity contribution in [3.8, 4) is 5.75 Å². The van der Waals surface area contributed by atoms with E-state index >= 15 is 0 Å². The smallest absolute Gasteiger partial charge is 0.191 e. The van der Waals surface area contributed by atoms with Gasteiger partial charge < -0.3 is 10.1 Å². The molecule has 2 aromatic carbocycles. The average Bonchev–Trinajstić information content (AvgIpc) is 2.51. The molecule has 0 heterocycles. The predicted octanol–water partition coefficient (Wildman–Crippen LogP) is 3.63. The second-order valence-corrected chi connectivity index (χ2v) is 5.24. The zero-order chi connectivity index (χ0) is 15.9. The Labute approximate surface area is 136 Å². The van der Waals surface area contributed by atoms with E-state index < -0.39 is 0 Å². The Morgan fingerprint density at radius 1 is 1.09 bits per heavy atom. The molecule has 2 N–H and O–H groups in total. The summed E-state index contributed by atoms with van der Waals surface area (Å²) in [4.78, 5) is 0. The number of methoxy groups -OCH3 is 1.